The normalized spacial score (nSPS) is 29.0. The van der Waals surface area contributed by atoms with Gasteiger partial charge in [0.1, 0.15) is 5.54 Å². The van der Waals surface area contributed by atoms with E-state index in [-0.39, 0.29) is 5.97 Å². The quantitative estimate of drug-likeness (QED) is 0.664. The summed E-state index contributed by atoms with van der Waals surface area (Å²) >= 11 is 0. The summed E-state index contributed by atoms with van der Waals surface area (Å²) in [6.07, 6.45) is 4.52. The molecule has 0 aliphatic heterocycles. The zero-order valence-corrected chi connectivity index (χ0v) is 14.3. The lowest BCUT2D eigenvalue weighted by Gasteiger charge is -2.35. The third-order valence-corrected chi connectivity index (χ3v) is 5.08. The molecule has 122 valence electrons. The molecule has 0 bridgehead atoms. The van der Waals surface area contributed by atoms with Crippen molar-refractivity contribution in [1.29, 1.82) is 0 Å². The van der Waals surface area contributed by atoms with Crippen LogP contribution in [0.3, 0.4) is 0 Å². The predicted octanol–water partition coefficient (Wildman–Crippen LogP) is 2.43. The lowest BCUT2D eigenvalue weighted by Crippen LogP contribution is -2.54. The number of esters is 1. The minimum atomic E-state index is -0.556. The van der Waals surface area contributed by atoms with Crippen LogP contribution in [-0.2, 0) is 9.53 Å². The van der Waals surface area contributed by atoms with E-state index < -0.39 is 5.54 Å². The summed E-state index contributed by atoms with van der Waals surface area (Å²) in [5, 5.41) is 3.51. The first-order chi connectivity index (χ1) is 9.85. The van der Waals surface area contributed by atoms with E-state index in [2.05, 4.69) is 31.1 Å². The SMILES string of the molecule is CCOC(=O)C(C)(CC(C)N(C)CC1CC1C)NC1CC1. The number of rotatable bonds is 9. The smallest absolute Gasteiger partial charge is 0.326 e. The maximum Gasteiger partial charge on any atom is 0.326 e. The van der Waals surface area contributed by atoms with Crippen LogP contribution in [0.4, 0.5) is 0 Å². The molecule has 2 fully saturated rings. The van der Waals surface area contributed by atoms with Crippen LogP contribution in [0, 0.1) is 11.8 Å². The van der Waals surface area contributed by atoms with Crippen LogP contribution in [0.25, 0.3) is 0 Å². The number of hydrogen-bond acceptors (Lipinski definition) is 4. The number of carbonyl (C=O) groups is 1. The highest BCUT2D eigenvalue weighted by atomic mass is 16.5. The van der Waals surface area contributed by atoms with Gasteiger partial charge < -0.3 is 9.64 Å². The maximum atomic E-state index is 12.4. The van der Waals surface area contributed by atoms with Gasteiger partial charge in [-0.15, -0.1) is 0 Å². The van der Waals surface area contributed by atoms with Crippen molar-refractivity contribution >= 4 is 5.97 Å². The Labute approximate surface area is 129 Å². The highest BCUT2D eigenvalue weighted by Gasteiger charge is 2.42. The second kappa shape index (κ2) is 6.66. The molecule has 0 aromatic heterocycles. The Bertz CT molecular complexity index is 370. The maximum absolute atomic E-state index is 12.4. The van der Waals surface area contributed by atoms with Gasteiger partial charge in [0, 0.05) is 18.6 Å². The zero-order chi connectivity index (χ0) is 15.6. The number of hydrogen-bond donors (Lipinski definition) is 1. The summed E-state index contributed by atoms with van der Waals surface area (Å²) in [6, 6.07) is 0.874. The molecule has 2 aliphatic rings. The van der Waals surface area contributed by atoms with E-state index in [1.54, 1.807) is 0 Å². The fraction of sp³-hybridized carbons (Fsp3) is 0.941. The molecule has 0 spiro atoms. The van der Waals surface area contributed by atoms with Gasteiger partial charge in [0.05, 0.1) is 6.61 Å². The molecule has 1 N–H and O–H groups in total. The highest BCUT2D eigenvalue weighted by molar-refractivity contribution is 5.80. The molecular formula is C17H32N2O2. The van der Waals surface area contributed by atoms with E-state index in [0.717, 1.165) is 24.8 Å². The fourth-order valence-corrected chi connectivity index (χ4v) is 3.12. The van der Waals surface area contributed by atoms with Crippen LogP contribution in [0.1, 0.15) is 53.4 Å². The largest absolute Gasteiger partial charge is 0.465 e. The Hall–Kier alpha value is -0.610. The molecule has 4 atom stereocenters. The average Bonchev–Trinajstić information content (AvgIpc) is 3.31. The Morgan fingerprint density at radius 2 is 2.10 bits per heavy atom. The summed E-state index contributed by atoms with van der Waals surface area (Å²) < 4.78 is 5.31. The molecular weight excluding hydrogens is 264 g/mol. The molecule has 2 rings (SSSR count). The Morgan fingerprint density at radius 1 is 1.48 bits per heavy atom. The molecule has 21 heavy (non-hydrogen) atoms. The average molecular weight is 296 g/mol. The Morgan fingerprint density at radius 3 is 2.57 bits per heavy atom. The highest BCUT2D eigenvalue weighted by Crippen LogP contribution is 2.38. The van der Waals surface area contributed by atoms with Crippen molar-refractivity contribution in [1.82, 2.24) is 10.2 Å². The van der Waals surface area contributed by atoms with Crippen LogP contribution in [0.5, 0.6) is 0 Å². The van der Waals surface area contributed by atoms with Gasteiger partial charge in [0.25, 0.3) is 0 Å². The topological polar surface area (TPSA) is 41.6 Å². The summed E-state index contributed by atoms with van der Waals surface area (Å²) in [4.78, 5) is 14.8. The molecule has 4 heteroatoms. The molecule has 0 heterocycles. The van der Waals surface area contributed by atoms with Gasteiger partial charge in [-0.05, 0) is 65.3 Å². The molecule has 2 saturated carbocycles. The molecule has 0 amide bonds. The van der Waals surface area contributed by atoms with Gasteiger partial charge in [-0.1, -0.05) is 6.92 Å². The van der Waals surface area contributed by atoms with E-state index in [4.69, 9.17) is 4.74 Å². The Balaban J connectivity index is 1.90. The molecule has 0 radical (unpaired) electrons. The molecule has 2 aliphatic carbocycles. The van der Waals surface area contributed by atoms with Crippen molar-refractivity contribution in [2.24, 2.45) is 11.8 Å². The first-order valence-corrected chi connectivity index (χ1v) is 8.51. The minimum absolute atomic E-state index is 0.100. The van der Waals surface area contributed by atoms with Crippen LogP contribution in [-0.4, -0.2) is 48.7 Å². The van der Waals surface area contributed by atoms with E-state index in [1.165, 1.54) is 19.3 Å². The minimum Gasteiger partial charge on any atom is -0.465 e. The van der Waals surface area contributed by atoms with Crippen molar-refractivity contribution in [3.8, 4) is 0 Å². The van der Waals surface area contributed by atoms with E-state index in [9.17, 15) is 4.79 Å². The van der Waals surface area contributed by atoms with E-state index in [1.807, 2.05) is 13.8 Å². The van der Waals surface area contributed by atoms with Crippen molar-refractivity contribution in [3.63, 3.8) is 0 Å². The fourth-order valence-electron chi connectivity index (χ4n) is 3.12. The number of nitrogens with zero attached hydrogens (tertiary/aromatic N) is 1. The zero-order valence-electron chi connectivity index (χ0n) is 14.3. The molecule has 0 saturated heterocycles. The van der Waals surface area contributed by atoms with Gasteiger partial charge in [-0.3, -0.25) is 10.1 Å². The molecule has 4 unspecified atom stereocenters. The third-order valence-electron chi connectivity index (χ3n) is 5.08. The first kappa shape index (κ1) is 16.8. The van der Waals surface area contributed by atoms with Gasteiger partial charge in [-0.25, -0.2) is 0 Å². The van der Waals surface area contributed by atoms with Crippen molar-refractivity contribution < 1.29 is 9.53 Å². The van der Waals surface area contributed by atoms with Crippen LogP contribution in [0.15, 0.2) is 0 Å². The van der Waals surface area contributed by atoms with Gasteiger partial charge in [0.15, 0.2) is 0 Å². The standard InChI is InChI=1S/C17H32N2O2/c1-6-21-16(20)17(4,18-15-7-8-15)10-13(3)19(5)11-14-9-12(14)2/h12-15,18H,6-11H2,1-5H3. The van der Waals surface area contributed by atoms with Crippen LogP contribution >= 0.6 is 0 Å². The summed E-state index contributed by atoms with van der Waals surface area (Å²) in [5.74, 6) is 1.63. The third kappa shape index (κ3) is 4.68. The second-order valence-corrected chi connectivity index (χ2v) is 7.44. The Kier molecular flexibility index (Phi) is 5.31. The summed E-state index contributed by atoms with van der Waals surface area (Å²) in [6.45, 7) is 10.0. The number of nitrogens with one attached hydrogen (secondary N) is 1. The van der Waals surface area contributed by atoms with Crippen molar-refractivity contribution in [2.45, 2.75) is 71.0 Å². The molecule has 0 aromatic carbocycles. The first-order valence-electron chi connectivity index (χ1n) is 8.51. The number of ether oxygens (including phenoxy) is 1. The van der Waals surface area contributed by atoms with Gasteiger partial charge in [-0.2, -0.15) is 0 Å². The predicted molar refractivity (Wildman–Crippen MR) is 85.2 cm³/mol. The van der Waals surface area contributed by atoms with Crippen molar-refractivity contribution in [3.05, 3.63) is 0 Å². The number of carbonyl (C=O) groups excluding carboxylic acids is 1. The monoisotopic (exact) mass is 296 g/mol. The second-order valence-electron chi connectivity index (χ2n) is 7.44. The van der Waals surface area contributed by atoms with Gasteiger partial charge >= 0.3 is 5.97 Å². The molecule has 0 aromatic rings. The van der Waals surface area contributed by atoms with Gasteiger partial charge in [0.2, 0.25) is 0 Å². The van der Waals surface area contributed by atoms with Crippen molar-refractivity contribution in [2.75, 3.05) is 20.2 Å². The summed E-state index contributed by atoms with van der Waals surface area (Å²) in [7, 11) is 2.18. The molecule has 4 nitrogen and oxygen atoms in total. The lowest BCUT2D eigenvalue weighted by atomic mass is 9.92. The lowest BCUT2D eigenvalue weighted by molar-refractivity contribution is -0.151. The van der Waals surface area contributed by atoms with Crippen LogP contribution < -0.4 is 5.32 Å². The van der Waals surface area contributed by atoms with E-state index in [0.29, 0.717) is 18.7 Å². The van der Waals surface area contributed by atoms with Crippen LogP contribution in [0.2, 0.25) is 0 Å². The van der Waals surface area contributed by atoms with E-state index >= 15 is 0 Å². The summed E-state index contributed by atoms with van der Waals surface area (Å²) in [5.41, 5.74) is -0.556.